The van der Waals surface area contributed by atoms with Gasteiger partial charge in [0.2, 0.25) is 11.9 Å². The fourth-order valence-corrected chi connectivity index (χ4v) is 5.99. The van der Waals surface area contributed by atoms with Crippen LogP contribution >= 0.6 is 11.3 Å². The molecule has 196 valence electrons. The first-order valence-electron chi connectivity index (χ1n) is 13.0. The number of nitrogens with one attached hydrogen (secondary N) is 1. The SMILES string of the molecule is CCOC(=O)[C@H]1CCC(=O)N1c1ccc2cc(-c3ccnc(NCCCN4CCN(C)CC4)n3)sc2c1. The van der Waals surface area contributed by atoms with Crippen molar-refractivity contribution in [2.75, 3.05) is 63.1 Å². The number of likely N-dealkylation sites (N-methyl/N-ethyl adjacent to an activating group) is 1. The number of nitrogens with zero attached hydrogens (tertiary/aromatic N) is 5. The minimum absolute atomic E-state index is 0.0478. The van der Waals surface area contributed by atoms with Crippen molar-refractivity contribution >= 4 is 44.9 Å². The number of aromatic nitrogens is 2. The molecule has 3 aromatic rings. The molecule has 1 amide bonds. The van der Waals surface area contributed by atoms with E-state index in [0.29, 0.717) is 25.4 Å². The van der Waals surface area contributed by atoms with Crippen molar-refractivity contribution in [2.45, 2.75) is 32.2 Å². The number of ether oxygens (including phenoxy) is 1. The number of amides is 1. The van der Waals surface area contributed by atoms with E-state index in [0.717, 1.165) is 72.0 Å². The summed E-state index contributed by atoms with van der Waals surface area (Å²) in [6, 6.07) is 9.35. The Morgan fingerprint density at radius 3 is 2.84 bits per heavy atom. The highest BCUT2D eigenvalue weighted by Gasteiger charge is 2.38. The minimum atomic E-state index is -0.559. The zero-order valence-electron chi connectivity index (χ0n) is 21.5. The zero-order valence-corrected chi connectivity index (χ0v) is 22.3. The number of carbonyl (C=O) groups excluding carboxylic acids is 2. The van der Waals surface area contributed by atoms with Crippen LogP contribution in [0.3, 0.4) is 0 Å². The number of carbonyl (C=O) groups is 2. The Morgan fingerprint density at radius 2 is 2.03 bits per heavy atom. The van der Waals surface area contributed by atoms with Crippen LogP contribution in [0.1, 0.15) is 26.2 Å². The van der Waals surface area contributed by atoms with Crippen LogP contribution in [0.15, 0.2) is 36.5 Å². The molecule has 0 spiro atoms. The topological polar surface area (TPSA) is 90.9 Å². The maximum Gasteiger partial charge on any atom is 0.329 e. The molecule has 10 heteroatoms. The Kier molecular flexibility index (Phi) is 7.97. The minimum Gasteiger partial charge on any atom is -0.464 e. The Hall–Kier alpha value is -3.08. The predicted octanol–water partition coefficient (Wildman–Crippen LogP) is 3.47. The average molecular weight is 523 g/mol. The first-order chi connectivity index (χ1) is 18.0. The summed E-state index contributed by atoms with van der Waals surface area (Å²) in [4.78, 5) is 41.7. The van der Waals surface area contributed by atoms with E-state index in [2.05, 4.69) is 33.2 Å². The summed E-state index contributed by atoms with van der Waals surface area (Å²) >= 11 is 1.62. The first kappa shape index (κ1) is 25.6. The monoisotopic (exact) mass is 522 g/mol. The van der Waals surface area contributed by atoms with Gasteiger partial charge in [0.15, 0.2) is 0 Å². The van der Waals surface area contributed by atoms with Gasteiger partial charge in [-0.3, -0.25) is 9.69 Å². The molecule has 0 saturated carbocycles. The molecule has 0 bridgehead atoms. The van der Waals surface area contributed by atoms with Gasteiger partial charge in [-0.1, -0.05) is 6.07 Å². The average Bonchev–Trinajstić information content (AvgIpc) is 3.51. The summed E-state index contributed by atoms with van der Waals surface area (Å²) in [6.07, 6.45) is 3.67. The molecular formula is C27H34N6O3S. The number of piperazine rings is 1. The number of thiophene rings is 1. The van der Waals surface area contributed by atoms with E-state index in [4.69, 9.17) is 9.72 Å². The highest BCUT2D eigenvalue weighted by Crippen LogP contribution is 2.37. The first-order valence-corrected chi connectivity index (χ1v) is 13.8. The molecule has 0 aliphatic carbocycles. The molecule has 2 fully saturated rings. The highest BCUT2D eigenvalue weighted by atomic mass is 32.1. The van der Waals surface area contributed by atoms with Gasteiger partial charge in [-0.2, -0.15) is 0 Å². The molecule has 2 saturated heterocycles. The Bertz CT molecular complexity index is 1260. The van der Waals surface area contributed by atoms with Gasteiger partial charge < -0.3 is 19.9 Å². The van der Waals surface area contributed by atoms with Crippen molar-refractivity contribution in [2.24, 2.45) is 0 Å². The van der Waals surface area contributed by atoms with E-state index in [9.17, 15) is 9.59 Å². The lowest BCUT2D eigenvalue weighted by Gasteiger charge is -2.32. The molecule has 37 heavy (non-hydrogen) atoms. The fraction of sp³-hybridized carbons (Fsp3) is 0.481. The predicted molar refractivity (Wildman–Crippen MR) is 147 cm³/mol. The van der Waals surface area contributed by atoms with E-state index in [1.54, 1.807) is 29.4 Å². The van der Waals surface area contributed by atoms with Crippen molar-refractivity contribution in [3.63, 3.8) is 0 Å². The normalized spacial score (nSPS) is 19.0. The van der Waals surface area contributed by atoms with Crippen molar-refractivity contribution in [1.82, 2.24) is 19.8 Å². The summed E-state index contributed by atoms with van der Waals surface area (Å²) in [5.74, 6) is 0.243. The molecular weight excluding hydrogens is 488 g/mol. The summed E-state index contributed by atoms with van der Waals surface area (Å²) in [6.45, 7) is 8.52. The number of fused-ring (bicyclic) bond motifs is 1. The van der Waals surface area contributed by atoms with E-state index in [1.165, 1.54) is 0 Å². The quantitative estimate of drug-likeness (QED) is 0.338. The maximum absolute atomic E-state index is 12.6. The molecule has 4 heterocycles. The highest BCUT2D eigenvalue weighted by molar-refractivity contribution is 7.22. The number of hydrogen-bond acceptors (Lipinski definition) is 9. The number of rotatable bonds is 9. The second-order valence-electron chi connectivity index (χ2n) is 9.59. The van der Waals surface area contributed by atoms with Crippen LogP contribution in [-0.2, 0) is 14.3 Å². The summed E-state index contributed by atoms with van der Waals surface area (Å²) in [5.41, 5.74) is 1.59. The van der Waals surface area contributed by atoms with E-state index in [1.807, 2.05) is 24.3 Å². The fourth-order valence-electron chi connectivity index (χ4n) is 4.92. The molecule has 2 aliphatic heterocycles. The Morgan fingerprint density at radius 1 is 1.19 bits per heavy atom. The second-order valence-corrected chi connectivity index (χ2v) is 10.7. The van der Waals surface area contributed by atoms with Crippen molar-refractivity contribution in [3.05, 3.63) is 36.5 Å². The molecule has 2 aliphatic rings. The zero-order chi connectivity index (χ0) is 25.8. The van der Waals surface area contributed by atoms with Gasteiger partial charge >= 0.3 is 5.97 Å². The van der Waals surface area contributed by atoms with Crippen LogP contribution in [0.25, 0.3) is 20.7 Å². The van der Waals surface area contributed by atoms with E-state index in [-0.39, 0.29) is 11.9 Å². The van der Waals surface area contributed by atoms with Gasteiger partial charge in [-0.05, 0) is 63.0 Å². The Balaban J connectivity index is 1.25. The van der Waals surface area contributed by atoms with E-state index < -0.39 is 6.04 Å². The molecule has 5 rings (SSSR count). The molecule has 0 radical (unpaired) electrons. The van der Waals surface area contributed by atoms with Crippen LogP contribution in [0, 0.1) is 0 Å². The van der Waals surface area contributed by atoms with Crippen LogP contribution in [0.5, 0.6) is 0 Å². The van der Waals surface area contributed by atoms with Crippen LogP contribution < -0.4 is 10.2 Å². The van der Waals surface area contributed by atoms with Gasteiger partial charge in [0.05, 0.1) is 17.2 Å². The third-order valence-electron chi connectivity index (χ3n) is 6.99. The van der Waals surface area contributed by atoms with Gasteiger partial charge in [-0.15, -0.1) is 11.3 Å². The smallest absolute Gasteiger partial charge is 0.329 e. The number of hydrogen-bond donors (Lipinski definition) is 1. The largest absolute Gasteiger partial charge is 0.464 e. The molecule has 1 aromatic carbocycles. The second kappa shape index (κ2) is 11.5. The van der Waals surface area contributed by atoms with E-state index >= 15 is 0 Å². The third-order valence-corrected chi connectivity index (χ3v) is 8.11. The number of esters is 1. The van der Waals surface area contributed by atoms with Gasteiger partial charge in [0.1, 0.15) is 6.04 Å². The lowest BCUT2D eigenvalue weighted by molar-refractivity contribution is -0.144. The molecule has 0 unspecified atom stereocenters. The number of anilines is 2. The van der Waals surface area contributed by atoms with Gasteiger partial charge in [0, 0.05) is 55.7 Å². The molecule has 1 N–H and O–H groups in total. The van der Waals surface area contributed by atoms with Crippen LogP contribution in [0.2, 0.25) is 0 Å². The summed E-state index contributed by atoms with van der Waals surface area (Å²) in [5, 5.41) is 4.44. The van der Waals surface area contributed by atoms with Crippen LogP contribution in [0.4, 0.5) is 11.6 Å². The lowest BCUT2D eigenvalue weighted by atomic mass is 10.2. The number of benzene rings is 1. The third kappa shape index (κ3) is 5.92. The lowest BCUT2D eigenvalue weighted by Crippen LogP contribution is -2.44. The Labute approximate surface area is 221 Å². The van der Waals surface area contributed by atoms with Crippen molar-refractivity contribution in [3.8, 4) is 10.6 Å². The summed E-state index contributed by atoms with van der Waals surface area (Å²) in [7, 11) is 2.18. The molecule has 2 aromatic heterocycles. The maximum atomic E-state index is 12.6. The van der Waals surface area contributed by atoms with Gasteiger partial charge in [-0.25, -0.2) is 14.8 Å². The van der Waals surface area contributed by atoms with Crippen molar-refractivity contribution < 1.29 is 14.3 Å². The summed E-state index contributed by atoms with van der Waals surface area (Å²) < 4.78 is 6.24. The standard InChI is InChI=1S/C27H34N6O3S/c1-3-36-26(35)22-7-8-25(34)33(22)20-6-5-19-17-24(37-23(19)18-20)21-9-11-29-27(30-21)28-10-4-12-32-15-13-31(2)14-16-32/h5-6,9,11,17-18,22H,3-4,7-8,10,12-16H2,1-2H3,(H,28,29,30)/t22-/m1/s1. The molecule has 9 nitrogen and oxygen atoms in total. The van der Waals surface area contributed by atoms with Crippen LogP contribution in [-0.4, -0.2) is 90.6 Å². The van der Waals surface area contributed by atoms with Crippen molar-refractivity contribution in [1.29, 1.82) is 0 Å². The van der Waals surface area contributed by atoms with Gasteiger partial charge in [0.25, 0.3) is 0 Å². The molecule has 1 atom stereocenters.